The van der Waals surface area contributed by atoms with E-state index in [9.17, 15) is 13.2 Å². The minimum absolute atomic E-state index is 0.0301. The summed E-state index contributed by atoms with van der Waals surface area (Å²) in [6.45, 7) is 0.862. The Kier molecular flexibility index (Phi) is 4.10. The molecule has 1 atom stereocenters. The highest BCUT2D eigenvalue weighted by Crippen LogP contribution is 2.12. The second kappa shape index (κ2) is 5.61. The van der Waals surface area contributed by atoms with E-state index in [4.69, 9.17) is 0 Å². The van der Waals surface area contributed by atoms with Crippen LogP contribution >= 0.6 is 0 Å². The normalized spacial score (nSPS) is 21.2. The van der Waals surface area contributed by atoms with Crippen LogP contribution in [0.4, 0.5) is 0 Å². The topological polar surface area (TPSA) is 110 Å². The maximum atomic E-state index is 11.7. The monoisotopic (exact) mass is 288 g/mol. The van der Waals surface area contributed by atoms with E-state index in [-0.39, 0.29) is 18.5 Å². The number of carbonyl (C=O) groups is 1. The molecular weight excluding hydrogens is 272 g/mol. The number of rotatable bonds is 4. The molecule has 2 rings (SSSR count). The molecule has 1 N–H and O–H groups in total. The number of sulfonamides is 1. The predicted octanol–water partition coefficient (Wildman–Crippen LogP) is -1.79. The number of aromatic nitrogens is 4. The van der Waals surface area contributed by atoms with Crippen LogP contribution in [0, 0.1) is 0 Å². The first-order valence-corrected chi connectivity index (χ1v) is 7.75. The molecule has 106 valence electrons. The summed E-state index contributed by atoms with van der Waals surface area (Å²) in [7, 11) is -3.20. The third-order valence-electron chi connectivity index (χ3n) is 2.92. The Labute approximate surface area is 111 Å². The van der Waals surface area contributed by atoms with Gasteiger partial charge in [0.15, 0.2) is 0 Å². The van der Waals surface area contributed by atoms with Gasteiger partial charge in [-0.25, -0.2) is 17.4 Å². The molecule has 2 heterocycles. The van der Waals surface area contributed by atoms with Gasteiger partial charge < -0.3 is 5.32 Å². The zero-order valence-electron chi connectivity index (χ0n) is 10.6. The molecule has 0 bridgehead atoms. The number of nitrogens with one attached hydrogen (secondary N) is 1. The molecule has 19 heavy (non-hydrogen) atoms. The molecule has 10 heteroatoms. The van der Waals surface area contributed by atoms with E-state index >= 15 is 0 Å². The van der Waals surface area contributed by atoms with Crippen LogP contribution in [0.25, 0.3) is 0 Å². The van der Waals surface area contributed by atoms with E-state index < -0.39 is 10.0 Å². The maximum absolute atomic E-state index is 11.7. The van der Waals surface area contributed by atoms with Gasteiger partial charge in [-0.05, 0) is 23.3 Å². The third-order valence-corrected chi connectivity index (χ3v) is 4.18. The number of hydrogen-bond donors (Lipinski definition) is 1. The van der Waals surface area contributed by atoms with Crippen molar-refractivity contribution in [2.24, 2.45) is 0 Å². The number of amides is 1. The Hall–Kier alpha value is -1.55. The fourth-order valence-electron chi connectivity index (χ4n) is 2.03. The Balaban J connectivity index is 1.87. The summed E-state index contributed by atoms with van der Waals surface area (Å²) in [6.07, 6.45) is 4.04. The van der Waals surface area contributed by atoms with E-state index in [0.29, 0.717) is 13.1 Å². The highest BCUT2D eigenvalue weighted by Gasteiger charge is 2.26. The van der Waals surface area contributed by atoms with Gasteiger partial charge in [-0.1, -0.05) is 0 Å². The van der Waals surface area contributed by atoms with Gasteiger partial charge in [-0.3, -0.25) is 4.79 Å². The van der Waals surface area contributed by atoms with Crippen molar-refractivity contribution in [1.82, 2.24) is 29.8 Å². The number of piperidine rings is 1. The standard InChI is InChI=1S/C9H16N6O3S/c1-19(17,18)15-4-2-3-8(5-15)11-9(16)6-14-7-10-12-13-14/h7-8H,2-6H2,1H3,(H,11,16). The Morgan fingerprint density at radius 3 is 2.95 bits per heavy atom. The quantitative estimate of drug-likeness (QED) is 0.701. The van der Waals surface area contributed by atoms with Gasteiger partial charge in [0.25, 0.3) is 0 Å². The molecule has 1 unspecified atom stereocenters. The number of carbonyl (C=O) groups excluding carboxylic acids is 1. The second-order valence-electron chi connectivity index (χ2n) is 4.54. The van der Waals surface area contributed by atoms with Crippen molar-refractivity contribution in [3.63, 3.8) is 0 Å². The molecule has 1 amide bonds. The Bertz CT molecular complexity index is 528. The molecular formula is C9H16N6O3S. The van der Waals surface area contributed by atoms with Crippen LogP contribution in [0.5, 0.6) is 0 Å². The predicted molar refractivity (Wildman–Crippen MR) is 65.4 cm³/mol. The fraction of sp³-hybridized carbons (Fsp3) is 0.778. The van der Waals surface area contributed by atoms with Gasteiger partial charge in [0.2, 0.25) is 15.9 Å². The summed E-state index contributed by atoms with van der Waals surface area (Å²) < 4.78 is 25.6. The first-order chi connectivity index (χ1) is 8.95. The molecule has 1 aromatic heterocycles. The Morgan fingerprint density at radius 2 is 2.32 bits per heavy atom. The number of hydrogen-bond acceptors (Lipinski definition) is 6. The highest BCUT2D eigenvalue weighted by atomic mass is 32.2. The molecule has 0 aromatic carbocycles. The third kappa shape index (κ3) is 3.96. The number of tetrazole rings is 1. The van der Waals surface area contributed by atoms with E-state index in [1.807, 2.05) is 0 Å². The Morgan fingerprint density at radius 1 is 1.53 bits per heavy atom. The summed E-state index contributed by atoms with van der Waals surface area (Å²) in [4.78, 5) is 11.7. The average molecular weight is 288 g/mol. The maximum Gasteiger partial charge on any atom is 0.242 e. The van der Waals surface area contributed by atoms with Crippen LogP contribution < -0.4 is 5.32 Å². The molecule has 1 aliphatic rings. The summed E-state index contributed by atoms with van der Waals surface area (Å²) in [5.41, 5.74) is 0. The summed E-state index contributed by atoms with van der Waals surface area (Å²) in [6, 6.07) is -0.160. The molecule has 1 saturated heterocycles. The first-order valence-electron chi connectivity index (χ1n) is 5.90. The lowest BCUT2D eigenvalue weighted by Gasteiger charge is -2.31. The van der Waals surface area contributed by atoms with Crippen LogP contribution in [0.2, 0.25) is 0 Å². The molecule has 0 aliphatic carbocycles. The zero-order chi connectivity index (χ0) is 13.9. The van der Waals surface area contributed by atoms with Crippen molar-refractivity contribution in [2.45, 2.75) is 25.4 Å². The van der Waals surface area contributed by atoms with Crippen LogP contribution in [-0.4, -0.2) is 64.2 Å². The lowest BCUT2D eigenvalue weighted by atomic mass is 10.1. The van der Waals surface area contributed by atoms with Gasteiger partial charge in [0, 0.05) is 19.1 Å². The fourth-order valence-corrected chi connectivity index (χ4v) is 2.95. The van der Waals surface area contributed by atoms with E-state index in [2.05, 4.69) is 20.8 Å². The minimum Gasteiger partial charge on any atom is -0.350 e. The van der Waals surface area contributed by atoms with Gasteiger partial charge in [-0.15, -0.1) is 5.10 Å². The van der Waals surface area contributed by atoms with Gasteiger partial charge in [0.05, 0.1) is 6.26 Å². The number of nitrogens with zero attached hydrogens (tertiary/aromatic N) is 5. The molecule has 1 fully saturated rings. The van der Waals surface area contributed by atoms with Gasteiger partial charge >= 0.3 is 0 Å². The van der Waals surface area contributed by atoms with Crippen molar-refractivity contribution in [2.75, 3.05) is 19.3 Å². The minimum atomic E-state index is -3.20. The smallest absolute Gasteiger partial charge is 0.242 e. The van der Waals surface area contributed by atoms with Crippen LogP contribution in [0.1, 0.15) is 12.8 Å². The largest absolute Gasteiger partial charge is 0.350 e. The SMILES string of the molecule is CS(=O)(=O)N1CCCC(NC(=O)Cn2cnnn2)C1. The zero-order valence-corrected chi connectivity index (χ0v) is 11.4. The van der Waals surface area contributed by atoms with E-state index in [1.54, 1.807) is 0 Å². The second-order valence-corrected chi connectivity index (χ2v) is 6.52. The van der Waals surface area contributed by atoms with Crippen molar-refractivity contribution in [3.8, 4) is 0 Å². The molecule has 0 spiro atoms. The van der Waals surface area contributed by atoms with Crippen LogP contribution in [0.3, 0.4) is 0 Å². The molecule has 1 aromatic rings. The molecule has 0 saturated carbocycles. The van der Waals surface area contributed by atoms with Gasteiger partial charge in [-0.2, -0.15) is 0 Å². The van der Waals surface area contributed by atoms with Gasteiger partial charge in [0.1, 0.15) is 12.9 Å². The average Bonchev–Trinajstić information content (AvgIpc) is 2.80. The summed E-state index contributed by atoms with van der Waals surface area (Å²) in [5.74, 6) is -0.229. The van der Waals surface area contributed by atoms with E-state index in [0.717, 1.165) is 12.8 Å². The van der Waals surface area contributed by atoms with Crippen LogP contribution in [-0.2, 0) is 21.4 Å². The molecule has 1 aliphatic heterocycles. The van der Waals surface area contributed by atoms with Crippen LogP contribution in [0.15, 0.2) is 6.33 Å². The van der Waals surface area contributed by atoms with Crippen molar-refractivity contribution < 1.29 is 13.2 Å². The van der Waals surface area contributed by atoms with Crippen molar-refractivity contribution in [3.05, 3.63) is 6.33 Å². The summed E-state index contributed by atoms with van der Waals surface area (Å²) in [5, 5.41) is 13.3. The highest BCUT2D eigenvalue weighted by molar-refractivity contribution is 7.88. The first kappa shape index (κ1) is 13.9. The molecule has 0 radical (unpaired) electrons. The van der Waals surface area contributed by atoms with Crippen molar-refractivity contribution in [1.29, 1.82) is 0 Å². The lowest BCUT2D eigenvalue weighted by molar-refractivity contribution is -0.122. The lowest BCUT2D eigenvalue weighted by Crippen LogP contribution is -2.49. The van der Waals surface area contributed by atoms with Crippen molar-refractivity contribution >= 4 is 15.9 Å². The van der Waals surface area contributed by atoms with E-state index in [1.165, 1.54) is 21.6 Å². The molecule has 9 nitrogen and oxygen atoms in total. The summed E-state index contributed by atoms with van der Waals surface area (Å²) >= 11 is 0.